The third-order valence-corrected chi connectivity index (χ3v) is 5.67. The Morgan fingerprint density at radius 2 is 2.10 bits per heavy atom. The molecule has 0 unspecified atom stereocenters. The first-order chi connectivity index (χ1) is 9.83. The number of nitrogens with zero attached hydrogens (tertiary/aromatic N) is 1. The van der Waals surface area contributed by atoms with Crippen LogP contribution >= 0.6 is 34.5 Å². The highest BCUT2D eigenvalue weighted by Crippen LogP contribution is 2.29. The molecule has 1 heterocycles. The second-order valence-electron chi connectivity index (χ2n) is 4.22. The normalized spacial score (nSPS) is 11.8. The molecule has 9 heteroatoms. The van der Waals surface area contributed by atoms with Crippen LogP contribution in [0.25, 0.3) is 0 Å². The van der Waals surface area contributed by atoms with Crippen molar-refractivity contribution < 1.29 is 13.5 Å². The van der Waals surface area contributed by atoms with E-state index >= 15 is 0 Å². The minimum Gasteiger partial charge on any atom is -0.392 e. The lowest BCUT2D eigenvalue weighted by molar-refractivity contribution is 0.281. The first-order valence-electron chi connectivity index (χ1n) is 5.83. The molecule has 5 nitrogen and oxygen atoms in total. The fourth-order valence-electron chi connectivity index (χ4n) is 1.67. The van der Waals surface area contributed by atoms with Crippen molar-refractivity contribution >= 4 is 44.6 Å². The summed E-state index contributed by atoms with van der Waals surface area (Å²) in [6, 6.07) is 2.67. The lowest BCUT2D eigenvalue weighted by Crippen LogP contribution is -2.24. The van der Waals surface area contributed by atoms with E-state index in [1.54, 1.807) is 5.38 Å². The molecule has 0 bridgehead atoms. The van der Waals surface area contributed by atoms with Crippen LogP contribution in [-0.2, 0) is 23.2 Å². The molecule has 0 amide bonds. The fourth-order valence-corrected chi connectivity index (χ4v) is 4.20. The van der Waals surface area contributed by atoms with E-state index in [2.05, 4.69) is 9.71 Å². The lowest BCUT2D eigenvalue weighted by atomic mass is 10.2. The van der Waals surface area contributed by atoms with Crippen molar-refractivity contribution in [2.45, 2.75) is 25.0 Å². The van der Waals surface area contributed by atoms with Gasteiger partial charge in [-0.2, -0.15) is 0 Å². The van der Waals surface area contributed by atoms with Crippen LogP contribution in [0.5, 0.6) is 0 Å². The number of nitrogens with one attached hydrogen (secondary N) is 1. The van der Waals surface area contributed by atoms with Gasteiger partial charge in [-0.25, -0.2) is 18.1 Å². The first kappa shape index (κ1) is 16.7. The number of sulfonamides is 1. The molecular formula is C12H12Cl2N2O3S2. The lowest BCUT2D eigenvalue weighted by Gasteiger charge is -2.10. The Balaban J connectivity index is 2.29. The maximum absolute atomic E-state index is 12.3. The molecule has 2 rings (SSSR count). The van der Waals surface area contributed by atoms with E-state index in [0.29, 0.717) is 5.69 Å². The van der Waals surface area contributed by atoms with E-state index in [1.807, 2.05) is 6.92 Å². The van der Waals surface area contributed by atoms with Crippen LogP contribution in [0.4, 0.5) is 0 Å². The highest BCUT2D eigenvalue weighted by atomic mass is 35.5. The molecular weight excluding hydrogens is 355 g/mol. The highest BCUT2D eigenvalue weighted by molar-refractivity contribution is 7.89. The Morgan fingerprint density at radius 1 is 1.38 bits per heavy atom. The predicted molar refractivity (Wildman–Crippen MR) is 83.3 cm³/mol. The highest BCUT2D eigenvalue weighted by Gasteiger charge is 2.21. The van der Waals surface area contributed by atoms with E-state index in [1.165, 1.54) is 23.5 Å². The minimum atomic E-state index is -3.85. The van der Waals surface area contributed by atoms with Crippen LogP contribution in [-0.4, -0.2) is 18.5 Å². The van der Waals surface area contributed by atoms with Crippen molar-refractivity contribution in [2.75, 3.05) is 0 Å². The molecule has 0 saturated heterocycles. The van der Waals surface area contributed by atoms with Gasteiger partial charge in [0.1, 0.15) is 4.90 Å². The zero-order valence-electron chi connectivity index (χ0n) is 10.9. The average Bonchev–Trinajstić information content (AvgIpc) is 2.84. The van der Waals surface area contributed by atoms with Gasteiger partial charge in [-0.05, 0) is 24.6 Å². The SMILES string of the molecule is Cc1nc(CNS(=O)(=O)c2cc(Cl)cc(CO)c2Cl)cs1. The topological polar surface area (TPSA) is 79.3 Å². The second kappa shape index (κ2) is 6.60. The van der Waals surface area contributed by atoms with E-state index < -0.39 is 16.6 Å². The molecule has 1 aromatic heterocycles. The summed E-state index contributed by atoms with van der Waals surface area (Å²) in [5.74, 6) is 0. The van der Waals surface area contributed by atoms with Gasteiger partial charge in [-0.15, -0.1) is 11.3 Å². The molecule has 0 aliphatic rings. The van der Waals surface area contributed by atoms with Gasteiger partial charge in [0.25, 0.3) is 0 Å². The molecule has 2 aromatic rings. The third-order valence-electron chi connectivity index (χ3n) is 2.65. The van der Waals surface area contributed by atoms with Crippen LogP contribution in [0, 0.1) is 6.92 Å². The van der Waals surface area contributed by atoms with Gasteiger partial charge in [0.2, 0.25) is 10.0 Å². The van der Waals surface area contributed by atoms with E-state index in [9.17, 15) is 13.5 Å². The summed E-state index contributed by atoms with van der Waals surface area (Å²) in [4.78, 5) is 4.01. The maximum Gasteiger partial charge on any atom is 0.242 e. The minimum absolute atomic E-state index is 0.0381. The summed E-state index contributed by atoms with van der Waals surface area (Å²) < 4.78 is 27.0. The van der Waals surface area contributed by atoms with Crippen molar-refractivity contribution in [3.05, 3.63) is 43.8 Å². The largest absolute Gasteiger partial charge is 0.392 e. The number of hydrogen-bond acceptors (Lipinski definition) is 5. The molecule has 0 spiro atoms. The fraction of sp³-hybridized carbons (Fsp3) is 0.250. The molecule has 21 heavy (non-hydrogen) atoms. The van der Waals surface area contributed by atoms with Gasteiger partial charge in [-0.1, -0.05) is 23.2 Å². The van der Waals surface area contributed by atoms with Crippen molar-refractivity contribution in [3.8, 4) is 0 Å². The Morgan fingerprint density at radius 3 is 2.67 bits per heavy atom. The first-order valence-corrected chi connectivity index (χ1v) is 8.95. The number of benzene rings is 1. The van der Waals surface area contributed by atoms with E-state index in [-0.39, 0.29) is 27.0 Å². The van der Waals surface area contributed by atoms with Gasteiger partial charge < -0.3 is 5.11 Å². The van der Waals surface area contributed by atoms with Gasteiger partial charge in [0.05, 0.1) is 28.9 Å². The molecule has 0 saturated carbocycles. The summed E-state index contributed by atoms with van der Waals surface area (Å²) >= 11 is 13.3. The van der Waals surface area contributed by atoms with Crippen LogP contribution in [0.2, 0.25) is 10.0 Å². The van der Waals surface area contributed by atoms with E-state index in [4.69, 9.17) is 23.2 Å². The molecule has 2 N–H and O–H groups in total. The van der Waals surface area contributed by atoms with Crippen molar-refractivity contribution in [3.63, 3.8) is 0 Å². The Labute approximate surface area is 136 Å². The van der Waals surface area contributed by atoms with Crippen LogP contribution in [0.3, 0.4) is 0 Å². The van der Waals surface area contributed by atoms with E-state index in [0.717, 1.165) is 5.01 Å². The van der Waals surface area contributed by atoms with Crippen molar-refractivity contribution in [1.29, 1.82) is 0 Å². The van der Waals surface area contributed by atoms with Crippen LogP contribution in [0.1, 0.15) is 16.3 Å². The maximum atomic E-state index is 12.3. The van der Waals surface area contributed by atoms with Gasteiger partial charge in [-0.3, -0.25) is 0 Å². The molecule has 0 atom stereocenters. The van der Waals surface area contributed by atoms with Crippen molar-refractivity contribution in [1.82, 2.24) is 9.71 Å². The standard InChI is InChI=1S/C12H12Cl2N2O3S2/c1-7-16-10(6-20-7)4-15-21(18,19)11-3-9(13)2-8(5-17)12(11)14/h2-3,6,15,17H,4-5H2,1H3. The monoisotopic (exact) mass is 366 g/mol. The zero-order chi connectivity index (χ0) is 15.6. The zero-order valence-corrected chi connectivity index (χ0v) is 14.1. The summed E-state index contributed by atoms with van der Waals surface area (Å²) in [6.45, 7) is 1.50. The summed E-state index contributed by atoms with van der Waals surface area (Å²) in [5, 5.41) is 12.0. The number of aromatic nitrogens is 1. The van der Waals surface area contributed by atoms with Gasteiger partial charge in [0, 0.05) is 10.4 Å². The predicted octanol–water partition coefficient (Wildman–Crippen LogP) is 2.73. The smallest absolute Gasteiger partial charge is 0.242 e. The second-order valence-corrected chi connectivity index (χ2v) is 7.83. The Kier molecular flexibility index (Phi) is 5.24. The number of aryl methyl sites for hydroxylation is 1. The average molecular weight is 367 g/mol. The molecule has 1 aromatic carbocycles. The number of thiazole rings is 1. The molecule has 0 radical (unpaired) electrons. The number of rotatable bonds is 5. The number of aliphatic hydroxyl groups is 1. The van der Waals surface area contributed by atoms with Gasteiger partial charge >= 0.3 is 0 Å². The Bertz CT molecular complexity index is 760. The number of hydrogen-bond donors (Lipinski definition) is 2. The number of halogens is 2. The van der Waals surface area contributed by atoms with Crippen LogP contribution in [0.15, 0.2) is 22.4 Å². The summed E-state index contributed by atoms with van der Waals surface area (Å²) in [6.07, 6.45) is 0. The Hall–Kier alpha value is -0.700. The molecule has 0 aliphatic carbocycles. The van der Waals surface area contributed by atoms with Crippen LogP contribution < -0.4 is 4.72 Å². The third kappa shape index (κ3) is 3.94. The molecule has 0 aliphatic heterocycles. The molecule has 0 fully saturated rings. The number of aliphatic hydroxyl groups excluding tert-OH is 1. The van der Waals surface area contributed by atoms with Gasteiger partial charge in [0.15, 0.2) is 0 Å². The summed E-state index contributed by atoms with van der Waals surface area (Å²) in [5.41, 5.74) is 0.885. The quantitative estimate of drug-likeness (QED) is 0.852. The molecule has 114 valence electrons. The van der Waals surface area contributed by atoms with Crippen molar-refractivity contribution in [2.24, 2.45) is 0 Å². The summed E-state index contributed by atoms with van der Waals surface area (Å²) in [7, 11) is -3.85.